The van der Waals surface area contributed by atoms with Crippen LogP contribution in [0.25, 0.3) is 0 Å². The van der Waals surface area contributed by atoms with E-state index in [-0.39, 0.29) is 12.5 Å². The lowest BCUT2D eigenvalue weighted by Crippen LogP contribution is -2.37. The number of rotatable bonds is 6. The predicted octanol–water partition coefficient (Wildman–Crippen LogP) is 2.45. The Kier molecular flexibility index (Phi) is 6.51. The molecule has 0 aliphatic rings. The van der Waals surface area contributed by atoms with Gasteiger partial charge in [-0.3, -0.25) is 9.59 Å². The molecule has 0 radical (unpaired) electrons. The van der Waals surface area contributed by atoms with Gasteiger partial charge in [-0.1, -0.05) is 6.92 Å². The zero-order valence-electron chi connectivity index (χ0n) is 11.7. The Bertz CT molecular complexity index is 491. The minimum atomic E-state index is -0.408. The molecule has 1 amide bonds. The number of halogens is 1. The van der Waals surface area contributed by atoms with Crippen LogP contribution in [0.15, 0.2) is 22.7 Å². The lowest BCUT2D eigenvalue weighted by atomic mass is 10.1. The van der Waals surface area contributed by atoms with Gasteiger partial charge in [0.2, 0.25) is 0 Å². The molecule has 0 aromatic heterocycles. The van der Waals surface area contributed by atoms with Crippen molar-refractivity contribution >= 4 is 33.5 Å². The van der Waals surface area contributed by atoms with Gasteiger partial charge in [-0.05, 0) is 47.5 Å². The fraction of sp³-hybridized carbons (Fsp3) is 0.429. The van der Waals surface area contributed by atoms with E-state index in [4.69, 9.17) is 10.5 Å². The largest absolute Gasteiger partial charge is 0.465 e. The Balaban J connectivity index is 2.93. The molecule has 0 saturated heterocycles. The van der Waals surface area contributed by atoms with Crippen molar-refractivity contribution in [3.63, 3.8) is 0 Å². The number of carbonyl (C=O) groups is 2. The average Bonchev–Trinajstić information content (AvgIpc) is 2.40. The number of ether oxygens (including phenoxy) is 1. The lowest BCUT2D eigenvalue weighted by molar-refractivity contribution is -0.143. The standard InChI is InChI=1S/C14H19BrN2O3/c1-3-7-17(9-13(18)20-4-2)14(19)11-8-10(16)5-6-12(11)15/h5-6,8H,3-4,7,9,16H2,1-2H3. The number of nitrogens with zero attached hydrogens (tertiary/aromatic N) is 1. The molecule has 0 unspecified atom stereocenters. The first-order valence-electron chi connectivity index (χ1n) is 6.49. The highest BCUT2D eigenvalue weighted by Crippen LogP contribution is 2.21. The maximum atomic E-state index is 12.5. The predicted molar refractivity (Wildman–Crippen MR) is 81.4 cm³/mol. The molecule has 0 atom stereocenters. The molecule has 2 N–H and O–H groups in total. The number of anilines is 1. The second kappa shape index (κ2) is 7.89. The van der Waals surface area contributed by atoms with Gasteiger partial charge in [0.25, 0.3) is 5.91 Å². The van der Waals surface area contributed by atoms with E-state index < -0.39 is 5.97 Å². The van der Waals surface area contributed by atoms with Gasteiger partial charge in [0.1, 0.15) is 6.54 Å². The second-order valence-corrected chi connectivity index (χ2v) is 5.13. The van der Waals surface area contributed by atoms with Crippen LogP contribution in [-0.2, 0) is 9.53 Å². The summed E-state index contributed by atoms with van der Waals surface area (Å²) in [7, 11) is 0. The zero-order valence-corrected chi connectivity index (χ0v) is 13.3. The van der Waals surface area contributed by atoms with Crippen molar-refractivity contribution in [3.05, 3.63) is 28.2 Å². The van der Waals surface area contributed by atoms with Crippen molar-refractivity contribution in [3.8, 4) is 0 Å². The summed E-state index contributed by atoms with van der Waals surface area (Å²) in [6.07, 6.45) is 0.755. The summed E-state index contributed by atoms with van der Waals surface area (Å²) in [6.45, 7) is 4.41. The molecule has 0 heterocycles. The van der Waals surface area contributed by atoms with Crippen molar-refractivity contribution in [2.24, 2.45) is 0 Å². The molecule has 0 aliphatic heterocycles. The topological polar surface area (TPSA) is 72.6 Å². The molecular formula is C14H19BrN2O3. The molecule has 0 fully saturated rings. The van der Waals surface area contributed by atoms with Gasteiger partial charge >= 0.3 is 5.97 Å². The van der Waals surface area contributed by atoms with Crippen LogP contribution in [0.1, 0.15) is 30.6 Å². The van der Waals surface area contributed by atoms with E-state index in [1.54, 1.807) is 25.1 Å². The summed E-state index contributed by atoms with van der Waals surface area (Å²) in [6, 6.07) is 5.02. The van der Waals surface area contributed by atoms with Gasteiger partial charge in [-0.15, -0.1) is 0 Å². The minimum Gasteiger partial charge on any atom is -0.465 e. The van der Waals surface area contributed by atoms with E-state index in [9.17, 15) is 9.59 Å². The average molecular weight is 343 g/mol. The number of benzene rings is 1. The van der Waals surface area contributed by atoms with Crippen LogP contribution in [0.5, 0.6) is 0 Å². The smallest absolute Gasteiger partial charge is 0.325 e. The molecule has 5 nitrogen and oxygen atoms in total. The third-order valence-electron chi connectivity index (χ3n) is 2.63. The first-order valence-corrected chi connectivity index (χ1v) is 7.28. The summed E-state index contributed by atoms with van der Waals surface area (Å²) in [4.78, 5) is 25.5. The van der Waals surface area contributed by atoms with Crippen LogP contribution in [0.2, 0.25) is 0 Å². The monoisotopic (exact) mass is 342 g/mol. The highest BCUT2D eigenvalue weighted by atomic mass is 79.9. The Morgan fingerprint density at radius 2 is 2.05 bits per heavy atom. The minimum absolute atomic E-state index is 0.0538. The Hall–Kier alpha value is -1.56. The normalized spacial score (nSPS) is 10.2. The molecule has 1 aromatic rings. The first kappa shape index (κ1) is 16.5. The van der Waals surface area contributed by atoms with E-state index >= 15 is 0 Å². The van der Waals surface area contributed by atoms with Gasteiger partial charge in [0, 0.05) is 16.7 Å². The summed E-state index contributed by atoms with van der Waals surface area (Å²) in [5.41, 5.74) is 6.66. The Morgan fingerprint density at radius 1 is 1.35 bits per heavy atom. The van der Waals surface area contributed by atoms with E-state index in [1.807, 2.05) is 6.92 Å². The third kappa shape index (κ3) is 4.52. The Labute approximate surface area is 127 Å². The highest BCUT2D eigenvalue weighted by molar-refractivity contribution is 9.10. The molecule has 20 heavy (non-hydrogen) atoms. The third-order valence-corrected chi connectivity index (χ3v) is 3.32. The molecule has 1 aromatic carbocycles. The fourth-order valence-corrected chi connectivity index (χ4v) is 2.18. The molecule has 6 heteroatoms. The summed E-state index contributed by atoms with van der Waals surface area (Å²) >= 11 is 3.33. The second-order valence-electron chi connectivity index (χ2n) is 4.27. The lowest BCUT2D eigenvalue weighted by Gasteiger charge is -2.21. The number of hydrogen-bond acceptors (Lipinski definition) is 4. The SMILES string of the molecule is CCCN(CC(=O)OCC)C(=O)c1cc(N)ccc1Br. The maximum absolute atomic E-state index is 12.5. The number of esters is 1. The van der Waals surface area contributed by atoms with Gasteiger partial charge in [-0.2, -0.15) is 0 Å². The molecular weight excluding hydrogens is 324 g/mol. The summed E-state index contributed by atoms with van der Waals surface area (Å²) in [5, 5.41) is 0. The van der Waals surface area contributed by atoms with Crippen LogP contribution < -0.4 is 5.73 Å². The van der Waals surface area contributed by atoms with Gasteiger partial charge in [0.15, 0.2) is 0 Å². The van der Waals surface area contributed by atoms with E-state index in [0.717, 1.165) is 6.42 Å². The maximum Gasteiger partial charge on any atom is 0.325 e. The highest BCUT2D eigenvalue weighted by Gasteiger charge is 2.20. The number of hydrogen-bond donors (Lipinski definition) is 1. The van der Waals surface area contributed by atoms with Crippen molar-refractivity contribution in [1.82, 2.24) is 4.90 Å². The van der Waals surface area contributed by atoms with E-state index in [1.165, 1.54) is 4.90 Å². The number of carbonyl (C=O) groups excluding carboxylic acids is 2. The van der Waals surface area contributed by atoms with Gasteiger partial charge in [0.05, 0.1) is 12.2 Å². The van der Waals surface area contributed by atoms with Crippen LogP contribution in [-0.4, -0.2) is 36.5 Å². The van der Waals surface area contributed by atoms with Crippen molar-refractivity contribution < 1.29 is 14.3 Å². The zero-order chi connectivity index (χ0) is 15.1. The summed E-state index contributed by atoms with van der Waals surface area (Å²) in [5.74, 6) is -0.645. The molecule has 0 aliphatic carbocycles. The number of nitrogen functional groups attached to an aromatic ring is 1. The van der Waals surface area contributed by atoms with Crippen LogP contribution in [0.3, 0.4) is 0 Å². The van der Waals surface area contributed by atoms with Crippen molar-refractivity contribution in [2.45, 2.75) is 20.3 Å². The molecule has 0 bridgehead atoms. The number of nitrogens with two attached hydrogens (primary N) is 1. The van der Waals surface area contributed by atoms with Gasteiger partial charge in [-0.25, -0.2) is 0 Å². The van der Waals surface area contributed by atoms with Crippen LogP contribution >= 0.6 is 15.9 Å². The first-order chi connectivity index (χ1) is 9.49. The van der Waals surface area contributed by atoms with E-state index in [0.29, 0.717) is 28.9 Å². The molecule has 110 valence electrons. The van der Waals surface area contributed by atoms with Crippen LogP contribution in [0.4, 0.5) is 5.69 Å². The van der Waals surface area contributed by atoms with Crippen LogP contribution in [0, 0.1) is 0 Å². The fourth-order valence-electron chi connectivity index (χ4n) is 1.76. The van der Waals surface area contributed by atoms with Gasteiger partial charge < -0.3 is 15.4 Å². The van der Waals surface area contributed by atoms with Crippen molar-refractivity contribution in [1.29, 1.82) is 0 Å². The molecule has 0 spiro atoms. The number of amides is 1. The summed E-state index contributed by atoms with van der Waals surface area (Å²) < 4.78 is 5.54. The van der Waals surface area contributed by atoms with Crippen molar-refractivity contribution in [2.75, 3.05) is 25.4 Å². The Morgan fingerprint density at radius 3 is 2.65 bits per heavy atom. The molecule has 1 rings (SSSR count). The molecule has 0 saturated carbocycles. The quantitative estimate of drug-likeness (QED) is 0.636. The van der Waals surface area contributed by atoms with E-state index in [2.05, 4.69) is 15.9 Å².